The number of imide groups is 1. The number of rotatable bonds is 6. The zero-order valence-corrected chi connectivity index (χ0v) is 15.3. The van der Waals surface area contributed by atoms with Gasteiger partial charge in [0.1, 0.15) is 0 Å². The number of halogens is 1. The monoisotopic (exact) mass is 391 g/mol. The fourth-order valence-electron chi connectivity index (χ4n) is 1.62. The van der Waals surface area contributed by atoms with Gasteiger partial charge in [-0.2, -0.15) is 0 Å². The van der Waals surface area contributed by atoms with Crippen LogP contribution >= 0.6 is 11.6 Å². The number of benzene rings is 1. The van der Waals surface area contributed by atoms with E-state index in [0.29, 0.717) is 0 Å². The Kier molecular flexibility index (Phi) is 7.34. The average molecular weight is 392 g/mol. The Morgan fingerprint density at radius 3 is 2.44 bits per heavy atom. The van der Waals surface area contributed by atoms with Gasteiger partial charge >= 0.3 is 12.0 Å². The predicted octanol–water partition coefficient (Wildman–Crippen LogP) is 0.639. The van der Waals surface area contributed by atoms with Crippen LogP contribution in [0, 0.1) is 0 Å². The Labute approximate surface area is 150 Å². The van der Waals surface area contributed by atoms with E-state index in [0.717, 1.165) is 6.07 Å². The van der Waals surface area contributed by atoms with Crippen LogP contribution in [-0.2, 0) is 19.6 Å². The highest BCUT2D eigenvalue weighted by atomic mass is 35.5. The Morgan fingerprint density at radius 1 is 1.24 bits per heavy atom. The third kappa shape index (κ3) is 6.33. The van der Waals surface area contributed by atoms with Gasteiger partial charge in [0.15, 0.2) is 6.61 Å². The number of hydrogen-bond acceptors (Lipinski definition) is 6. The quantitative estimate of drug-likeness (QED) is 0.610. The molecule has 3 N–H and O–H groups in total. The number of hydrogen-bond donors (Lipinski definition) is 3. The molecule has 1 aromatic rings. The molecule has 9 nitrogen and oxygen atoms in total. The summed E-state index contributed by atoms with van der Waals surface area (Å²) in [5.41, 5.74) is -0.225. The van der Waals surface area contributed by atoms with Crippen LogP contribution in [0.1, 0.15) is 24.2 Å². The van der Waals surface area contributed by atoms with Crippen molar-refractivity contribution in [3.05, 3.63) is 28.8 Å². The number of sulfonamides is 1. The fraction of sp³-hybridized carbons (Fsp3) is 0.357. The van der Waals surface area contributed by atoms with E-state index in [-0.39, 0.29) is 21.5 Å². The molecule has 11 heteroatoms. The molecule has 0 aliphatic heterocycles. The number of nitrogens with one attached hydrogen (secondary N) is 3. The number of esters is 1. The van der Waals surface area contributed by atoms with Crippen LogP contribution in [0.4, 0.5) is 4.79 Å². The molecule has 0 spiro atoms. The van der Waals surface area contributed by atoms with E-state index >= 15 is 0 Å². The minimum absolute atomic E-state index is 0.0435. The van der Waals surface area contributed by atoms with Gasteiger partial charge in [-0.25, -0.2) is 22.7 Å². The zero-order valence-electron chi connectivity index (χ0n) is 13.8. The normalized spacial score (nSPS) is 11.1. The number of urea groups is 1. The molecular formula is C14H18ClN3O6S. The van der Waals surface area contributed by atoms with Gasteiger partial charge in [0.25, 0.3) is 5.91 Å². The Balaban J connectivity index is 2.76. The molecule has 25 heavy (non-hydrogen) atoms. The second-order valence-corrected chi connectivity index (χ2v) is 7.40. The van der Waals surface area contributed by atoms with Crippen LogP contribution in [0.2, 0.25) is 5.02 Å². The number of carbonyl (C=O) groups is 3. The van der Waals surface area contributed by atoms with Gasteiger partial charge in [-0.3, -0.25) is 10.1 Å². The van der Waals surface area contributed by atoms with Crippen molar-refractivity contribution < 1.29 is 27.5 Å². The molecule has 138 valence electrons. The van der Waals surface area contributed by atoms with Gasteiger partial charge in [-0.1, -0.05) is 11.6 Å². The topological polar surface area (TPSA) is 131 Å². The molecule has 0 heterocycles. The SMILES string of the molecule is CNS(=O)(=O)c1ccc(Cl)c(C(=O)OCC(=O)NC(=O)NC(C)C)c1. The standard InChI is InChI=1S/C14H18ClN3O6S/c1-8(2)17-14(21)18-12(19)7-24-13(20)10-6-9(4-5-11(10)15)25(22,23)16-3/h4-6,8,16H,7H2,1-3H3,(H2,17,18,19,21). The average Bonchev–Trinajstić information content (AvgIpc) is 2.51. The van der Waals surface area contributed by atoms with E-state index in [4.69, 9.17) is 16.3 Å². The summed E-state index contributed by atoms with van der Waals surface area (Å²) in [5, 5.41) is 4.36. The van der Waals surface area contributed by atoms with Gasteiger partial charge in [0.2, 0.25) is 10.0 Å². The van der Waals surface area contributed by atoms with Crippen molar-refractivity contribution >= 4 is 39.5 Å². The van der Waals surface area contributed by atoms with Crippen LogP contribution in [0.3, 0.4) is 0 Å². The molecule has 0 saturated heterocycles. The lowest BCUT2D eigenvalue weighted by molar-refractivity contribution is -0.123. The molecule has 0 atom stereocenters. The number of amides is 3. The molecule has 1 aromatic carbocycles. The van der Waals surface area contributed by atoms with Gasteiger partial charge < -0.3 is 10.1 Å². The number of ether oxygens (including phenoxy) is 1. The first-order valence-electron chi connectivity index (χ1n) is 7.07. The molecule has 1 rings (SSSR count). The highest BCUT2D eigenvalue weighted by Crippen LogP contribution is 2.21. The minimum atomic E-state index is -3.78. The van der Waals surface area contributed by atoms with E-state index in [9.17, 15) is 22.8 Å². The van der Waals surface area contributed by atoms with Crippen molar-refractivity contribution in [2.45, 2.75) is 24.8 Å². The fourth-order valence-corrected chi connectivity index (χ4v) is 2.57. The van der Waals surface area contributed by atoms with Crippen LogP contribution in [0.5, 0.6) is 0 Å². The smallest absolute Gasteiger partial charge is 0.340 e. The molecule has 3 amide bonds. The third-order valence-corrected chi connectivity index (χ3v) is 4.49. The number of carbonyl (C=O) groups excluding carboxylic acids is 3. The first kappa shape index (κ1) is 20.9. The summed E-state index contributed by atoms with van der Waals surface area (Å²) in [4.78, 5) is 34.7. The second-order valence-electron chi connectivity index (χ2n) is 5.10. The van der Waals surface area contributed by atoms with Crippen molar-refractivity contribution in [1.29, 1.82) is 0 Å². The maximum Gasteiger partial charge on any atom is 0.340 e. The van der Waals surface area contributed by atoms with Gasteiger partial charge in [0.05, 0.1) is 15.5 Å². The van der Waals surface area contributed by atoms with Crippen molar-refractivity contribution in [3.63, 3.8) is 0 Å². The van der Waals surface area contributed by atoms with Crippen LogP contribution in [-0.4, -0.2) is 46.0 Å². The predicted molar refractivity (Wildman–Crippen MR) is 89.8 cm³/mol. The largest absolute Gasteiger partial charge is 0.452 e. The van der Waals surface area contributed by atoms with E-state index in [1.165, 1.54) is 19.2 Å². The van der Waals surface area contributed by atoms with Gasteiger partial charge in [-0.05, 0) is 39.1 Å². The van der Waals surface area contributed by atoms with Crippen molar-refractivity contribution in [2.24, 2.45) is 0 Å². The minimum Gasteiger partial charge on any atom is -0.452 e. The Hall–Kier alpha value is -2.17. The highest BCUT2D eigenvalue weighted by Gasteiger charge is 2.19. The molecule has 0 radical (unpaired) electrons. The van der Waals surface area contributed by atoms with Crippen LogP contribution in [0.25, 0.3) is 0 Å². The second kappa shape index (κ2) is 8.79. The summed E-state index contributed by atoms with van der Waals surface area (Å²) in [7, 11) is -2.56. The molecule has 0 aromatic heterocycles. The Morgan fingerprint density at radius 2 is 1.88 bits per heavy atom. The molecule has 0 unspecified atom stereocenters. The van der Waals surface area contributed by atoms with E-state index in [1.807, 2.05) is 5.32 Å². The van der Waals surface area contributed by atoms with Crippen molar-refractivity contribution in [2.75, 3.05) is 13.7 Å². The van der Waals surface area contributed by atoms with Crippen molar-refractivity contribution in [3.8, 4) is 0 Å². The first-order valence-corrected chi connectivity index (χ1v) is 8.93. The first-order chi connectivity index (χ1) is 11.6. The summed E-state index contributed by atoms with van der Waals surface area (Å²) >= 11 is 5.86. The van der Waals surface area contributed by atoms with Crippen LogP contribution < -0.4 is 15.4 Å². The molecule has 0 fully saturated rings. The molecule has 0 aliphatic carbocycles. The lowest BCUT2D eigenvalue weighted by Crippen LogP contribution is -2.44. The van der Waals surface area contributed by atoms with Crippen LogP contribution in [0.15, 0.2) is 23.1 Å². The summed E-state index contributed by atoms with van der Waals surface area (Å²) in [5.74, 6) is -1.85. The van der Waals surface area contributed by atoms with Crippen molar-refractivity contribution in [1.82, 2.24) is 15.4 Å². The maximum absolute atomic E-state index is 12.0. The summed E-state index contributed by atoms with van der Waals surface area (Å²) in [6.45, 7) is 2.68. The third-order valence-electron chi connectivity index (χ3n) is 2.74. The van der Waals surface area contributed by atoms with E-state index in [1.54, 1.807) is 13.8 Å². The maximum atomic E-state index is 12.0. The van der Waals surface area contributed by atoms with E-state index in [2.05, 4.69) is 10.0 Å². The van der Waals surface area contributed by atoms with E-state index < -0.39 is 34.5 Å². The lowest BCUT2D eigenvalue weighted by Gasteiger charge is -2.10. The summed E-state index contributed by atoms with van der Waals surface area (Å²) in [6.07, 6.45) is 0. The van der Waals surface area contributed by atoms with Gasteiger partial charge in [-0.15, -0.1) is 0 Å². The molecule has 0 saturated carbocycles. The Bertz CT molecular complexity index is 779. The highest BCUT2D eigenvalue weighted by molar-refractivity contribution is 7.89. The lowest BCUT2D eigenvalue weighted by atomic mass is 10.2. The molecule has 0 bridgehead atoms. The molecule has 0 aliphatic rings. The zero-order chi connectivity index (χ0) is 19.2. The molecular weight excluding hydrogens is 374 g/mol. The summed E-state index contributed by atoms with van der Waals surface area (Å²) < 4.78 is 30.3. The van der Waals surface area contributed by atoms with Gasteiger partial charge in [0, 0.05) is 6.04 Å². The summed E-state index contributed by atoms with van der Waals surface area (Å²) in [6, 6.07) is 2.56.